The van der Waals surface area contributed by atoms with Crippen molar-refractivity contribution in [1.29, 1.82) is 0 Å². The lowest BCUT2D eigenvalue weighted by Gasteiger charge is -2.12. The van der Waals surface area contributed by atoms with Crippen molar-refractivity contribution in [3.63, 3.8) is 0 Å². The number of ether oxygens (including phenoxy) is 1. The monoisotopic (exact) mass is 259 g/mol. The Balaban J connectivity index is 1.97. The number of rotatable bonds is 7. The van der Waals surface area contributed by atoms with Gasteiger partial charge >= 0.3 is 0 Å². The summed E-state index contributed by atoms with van der Waals surface area (Å²) in [6.07, 6.45) is 3.79. The number of benzene rings is 1. The SMILES string of the molecule is CCCOCCC(O)Cc1ccnc2ccccc12. The summed E-state index contributed by atoms with van der Waals surface area (Å²) in [6.45, 7) is 3.47. The van der Waals surface area contributed by atoms with Gasteiger partial charge in [-0.05, 0) is 37.0 Å². The molecule has 2 aromatic rings. The normalized spacial score (nSPS) is 12.7. The third-order valence-electron chi connectivity index (χ3n) is 3.14. The fourth-order valence-electron chi connectivity index (χ4n) is 2.15. The predicted molar refractivity (Wildman–Crippen MR) is 77.2 cm³/mol. The van der Waals surface area contributed by atoms with Gasteiger partial charge in [0.2, 0.25) is 0 Å². The molecule has 0 aliphatic heterocycles. The Hall–Kier alpha value is -1.45. The van der Waals surface area contributed by atoms with Crippen LogP contribution in [0.1, 0.15) is 25.3 Å². The molecule has 0 saturated heterocycles. The molecule has 0 aliphatic rings. The van der Waals surface area contributed by atoms with E-state index >= 15 is 0 Å². The average molecular weight is 259 g/mol. The van der Waals surface area contributed by atoms with Crippen molar-refractivity contribution in [2.24, 2.45) is 0 Å². The van der Waals surface area contributed by atoms with Gasteiger partial charge < -0.3 is 9.84 Å². The summed E-state index contributed by atoms with van der Waals surface area (Å²) >= 11 is 0. The second kappa shape index (κ2) is 7.22. The van der Waals surface area contributed by atoms with Crippen LogP contribution in [0.2, 0.25) is 0 Å². The summed E-state index contributed by atoms with van der Waals surface area (Å²) in [5.41, 5.74) is 2.13. The molecule has 0 aliphatic carbocycles. The minimum absolute atomic E-state index is 0.359. The quantitative estimate of drug-likeness (QED) is 0.777. The standard InChI is InChI=1S/C16H21NO2/c1-2-10-19-11-8-14(18)12-13-7-9-17-16-6-4-3-5-15(13)16/h3-7,9,14,18H,2,8,10-12H2,1H3. The third kappa shape index (κ3) is 4.01. The number of aliphatic hydroxyl groups excluding tert-OH is 1. The molecule has 0 bridgehead atoms. The fourth-order valence-corrected chi connectivity index (χ4v) is 2.15. The van der Waals surface area contributed by atoms with Gasteiger partial charge in [-0.15, -0.1) is 0 Å². The van der Waals surface area contributed by atoms with Gasteiger partial charge in [0, 0.05) is 24.8 Å². The molecule has 3 heteroatoms. The van der Waals surface area contributed by atoms with Crippen molar-refractivity contribution in [3.8, 4) is 0 Å². The molecule has 1 heterocycles. The minimum Gasteiger partial charge on any atom is -0.393 e. The van der Waals surface area contributed by atoms with E-state index in [0.29, 0.717) is 19.4 Å². The number of para-hydroxylation sites is 1. The average Bonchev–Trinajstić information content (AvgIpc) is 2.44. The first-order chi connectivity index (χ1) is 9.31. The number of pyridine rings is 1. The molecule has 0 saturated carbocycles. The van der Waals surface area contributed by atoms with Crippen LogP contribution < -0.4 is 0 Å². The summed E-state index contributed by atoms with van der Waals surface area (Å²) in [4.78, 5) is 4.33. The van der Waals surface area contributed by atoms with Crippen molar-refractivity contribution in [1.82, 2.24) is 4.98 Å². The highest BCUT2D eigenvalue weighted by molar-refractivity contribution is 5.81. The zero-order chi connectivity index (χ0) is 13.5. The molecule has 0 radical (unpaired) electrons. The molecule has 102 valence electrons. The number of aromatic nitrogens is 1. The Labute approximate surface area is 114 Å². The van der Waals surface area contributed by atoms with E-state index in [1.165, 1.54) is 0 Å². The Morgan fingerprint density at radius 3 is 2.89 bits per heavy atom. The van der Waals surface area contributed by atoms with Crippen LogP contribution in [0.4, 0.5) is 0 Å². The number of hydrogen-bond acceptors (Lipinski definition) is 3. The summed E-state index contributed by atoms with van der Waals surface area (Å²) < 4.78 is 5.41. The van der Waals surface area contributed by atoms with Crippen LogP contribution in [0.25, 0.3) is 10.9 Å². The van der Waals surface area contributed by atoms with E-state index in [4.69, 9.17) is 4.74 Å². The maximum atomic E-state index is 10.1. The van der Waals surface area contributed by atoms with Gasteiger partial charge in [-0.3, -0.25) is 4.98 Å². The molecule has 2 rings (SSSR count). The van der Waals surface area contributed by atoms with Crippen molar-refractivity contribution in [2.45, 2.75) is 32.3 Å². The van der Waals surface area contributed by atoms with E-state index in [1.54, 1.807) is 6.20 Å². The van der Waals surface area contributed by atoms with Crippen LogP contribution in [0, 0.1) is 0 Å². The highest BCUT2D eigenvalue weighted by Gasteiger charge is 2.08. The molecule has 1 aromatic heterocycles. The summed E-state index contributed by atoms with van der Waals surface area (Å²) in [6, 6.07) is 10.0. The first kappa shape index (κ1) is 14.0. The maximum absolute atomic E-state index is 10.1. The van der Waals surface area contributed by atoms with Crippen LogP contribution in [0.5, 0.6) is 0 Å². The minimum atomic E-state index is -0.359. The van der Waals surface area contributed by atoms with Gasteiger partial charge in [-0.2, -0.15) is 0 Å². The molecule has 0 amide bonds. The summed E-state index contributed by atoms with van der Waals surface area (Å²) in [7, 11) is 0. The number of hydrogen-bond donors (Lipinski definition) is 1. The fraction of sp³-hybridized carbons (Fsp3) is 0.438. The smallest absolute Gasteiger partial charge is 0.0704 e. The second-order valence-electron chi connectivity index (χ2n) is 4.75. The van der Waals surface area contributed by atoms with Crippen LogP contribution in [-0.2, 0) is 11.2 Å². The highest BCUT2D eigenvalue weighted by Crippen LogP contribution is 2.18. The van der Waals surface area contributed by atoms with E-state index in [2.05, 4.69) is 18.0 Å². The number of fused-ring (bicyclic) bond motifs is 1. The lowest BCUT2D eigenvalue weighted by molar-refractivity contribution is 0.0825. The van der Waals surface area contributed by atoms with Crippen LogP contribution >= 0.6 is 0 Å². The van der Waals surface area contributed by atoms with Crippen molar-refractivity contribution in [2.75, 3.05) is 13.2 Å². The van der Waals surface area contributed by atoms with Crippen LogP contribution in [-0.4, -0.2) is 29.4 Å². The zero-order valence-corrected chi connectivity index (χ0v) is 11.4. The first-order valence-electron chi connectivity index (χ1n) is 6.89. The van der Waals surface area contributed by atoms with E-state index in [-0.39, 0.29) is 6.10 Å². The molecular formula is C16H21NO2. The molecule has 0 spiro atoms. The Bertz CT molecular complexity index is 508. The maximum Gasteiger partial charge on any atom is 0.0704 e. The van der Waals surface area contributed by atoms with Gasteiger partial charge in [0.15, 0.2) is 0 Å². The van der Waals surface area contributed by atoms with Gasteiger partial charge in [-0.25, -0.2) is 0 Å². The van der Waals surface area contributed by atoms with E-state index in [0.717, 1.165) is 29.5 Å². The zero-order valence-electron chi connectivity index (χ0n) is 11.4. The summed E-state index contributed by atoms with van der Waals surface area (Å²) in [5, 5.41) is 11.2. The van der Waals surface area contributed by atoms with Crippen LogP contribution in [0.15, 0.2) is 36.5 Å². The van der Waals surface area contributed by atoms with Crippen molar-refractivity contribution in [3.05, 3.63) is 42.1 Å². The van der Waals surface area contributed by atoms with Gasteiger partial charge in [0.05, 0.1) is 11.6 Å². The van der Waals surface area contributed by atoms with E-state index in [1.807, 2.05) is 24.3 Å². The van der Waals surface area contributed by atoms with Gasteiger partial charge in [0.1, 0.15) is 0 Å². The highest BCUT2D eigenvalue weighted by atomic mass is 16.5. The summed E-state index contributed by atoms with van der Waals surface area (Å²) in [5.74, 6) is 0. The topological polar surface area (TPSA) is 42.4 Å². The first-order valence-corrected chi connectivity index (χ1v) is 6.89. The lowest BCUT2D eigenvalue weighted by Crippen LogP contribution is -2.14. The number of aliphatic hydroxyl groups is 1. The second-order valence-corrected chi connectivity index (χ2v) is 4.75. The van der Waals surface area contributed by atoms with E-state index < -0.39 is 0 Å². The van der Waals surface area contributed by atoms with Crippen LogP contribution in [0.3, 0.4) is 0 Å². The lowest BCUT2D eigenvalue weighted by atomic mass is 10.0. The number of nitrogens with zero attached hydrogens (tertiary/aromatic N) is 1. The largest absolute Gasteiger partial charge is 0.393 e. The predicted octanol–water partition coefficient (Wildman–Crippen LogP) is 2.95. The van der Waals surface area contributed by atoms with Gasteiger partial charge in [-0.1, -0.05) is 25.1 Å². The molecule has 3 nitrogen and oxygen atoms in total. The molecule has 1 unspecified atom stereocenters. The van der Waals surface area contributed by atoms with Gasteiger partial charge in [0.25, 0.3) is 0 Å². The third-order valence-corrected chi connectivity index (χ3v) is 3.14. The molecule has 19 heavy (non-hydrogen) atoms. The Morgan fingerprint density at radius 1 is 1.21 bits per heavy atom. The van der Waals surface area contributed by atoms with Crippen molar-refractivity contribution >= 4 is 10.9 Å². The Morgan fingerprint density at radius 2 is 2.05 bits per heavy atom. The molecular weight excluding hydrogens is 238 g/mol. The molecule has 0 fully saturated rings. The molecule has 1 N–H and O–H groups in total. The van der Waals surface area contributed by atoms with E-state index in [9.17, 15) is 5.11 Å². The van der Waals surface area contributed by atoms with Crippen molar-refractivity contribution < 1.29 is 9.84 Å². The molecule has 1 aromatic carbocycles. The molecule has 1 atom stereocenters. The Kier molecular flexibility index (Phi) is 5.31.